The summed E-state index contributed by atoms with van der Waals surface area (Å²) in [6.45, 7) is 2.13. The van der Waals surface area contributed by atoms with Crippen molar-refractivity contribution in [3.63, 3.8) is 0 Å². The summed E-state index contributed by atoms with van der Waals surface area (Å²) < 4.78 is 1.28. The Balaban J connectivity index is 2.02. The first-order valence-corrected chi connectivity index (χ1v) is 7.66. The molecule has 1 saturated carbocycles. The number of thiazole rings is 1. The molecule has 1 heterocycles. The Morgan fingerprint density at radius 2 is 1.89 bits per heavy atom. The van der Waals surface area contributed by atoms with E-state index in [1.165, 1.54) is 35.9 Å². The van der Waals surface area contributed by atoms with E-state index < -0.39 is 0 Å². The highest BCUT2D eigenvalue weighted by molar-refractivity contribution is 7.18. The fourth-order valence-electron chi connectivity index (χ4n) is 2.82. The van der Waals surface area contributed by atoms with Gasteiger partial charge in [0, 0.05) is 0 Å². The average molecular weight is 260 g/mol. The molecule has 2 aromatic rings. The van der Waals surface area contributed by atoms with Crippen molar-refractivity contribution in [1.82, 2.24) is 4.98 Å². The summed E-state index contributed by atoms with van der Waals surface area (Å²) in [7, 11) is 0. The van der Waals surface area contributed by atoms with E-state index in [2.05, 4.69) is 25.1 Å². The monoisotopic (exact) mass is 260 g/mol. The third-order valence-corrected chi connectivity index (χ3v) is 5.20. The lowest BCUT2D eigenvalue weighted by atomic mass is 9.92. The van der Waals surface area contributed by atoms with Gasteiger partial charge in [-0.2, -0.15) is 0 Å². The van der Waals surface area contributed by atoms with Gasteiger partial charge in [0.1, 0.15) is 5.01 Å². The van der Waals surface area contributed by atoms with Crippen LogP contribution in [0.15, 0.2) is 18.2 Å². The SMILES string of the molecule is Cc1ccc2nc(C3(N)CCCCCC3)sc2c1. The Labute approximate surface area is 112 Å². The molecule has 3 heteroatoms. The van der Waals surface area contributed by atoms with Crippen LogP contribution in [0.4, 0.5) is 0 Å². The van der Waals surface area contributed by atoms with E-state index in [9.17, 15) is 0 Å². The quantitative estimate of drug-likeness (QED) is 0.784. The van der Waals surface area contributed by atoms with E-state index in [4.69, 9.17) is 10.7 Å². The van der Waals surface area contributed by atoms with Crippen LogP contribution in [0.25, 0.3) is 10.2 Å². The number of aryl methyl sites for hydroxylation is 1. The maximum atomic E-state index is 6.63. The molecule has 0 unspecified atom stereocenters. The number of fused-ring (bicyclic) bond motifs is 1. The van der Waals surface area contributed by atoms with Gasteiger partial charge in [-0.3, -0.25) is 0 Å². The van der Waals surface area contributed by atoms with Crippen molar-refractivity contribution in [2.24, 2.45) is 5.73 Å². The molecule has 0 saturated heterocycles. The molecule has 1 fully saturated rings. The Morgan fingerprint density at radius 1 is 1.17 bits per heavy atom. The van der Waals surface area contributed by atoms with Crippen LogP contribution in [-0.4, -0.2) is 4.98 Å². The molecule has 0 aliphatic heterocycles. The predicted octanol–water partition coefficient (Wildman–Crippen LogP) is 4.11. The molecule has 96 valence electrons. The highest BCUT2D eigenvalue weighted by Gasteiger charge is 2.31. The molecule has 2 nitrogen and oxygen atoms in total. The number of nitrogens with zero attached hydrogens (tertiary/aromatic N) is 1. The van der Waals surface area contributed by atoms with E-state index >= 15 is 0 Å². The Hall–Kier alpha value is -0.930. The molecule has 1 aromatic carbocycles. The van der Waals surface area contributed by atoms with E-state index in [1.54, 1.807) is 11.3 Å². The van der Waals surface area contributed by atoms with Crippen LogP contribution < -0.4 is 5.73 Å². The first kappa shape index (κ1) is 12.1. The second-order valence-electron chi connectivity index (χ2n) is 5.56. The summed E-state index contributed by atoms with van der Waals surface area (Å²) in [4.78, 5) is 4.78. The average Bonchev–Trinajstić information content (AvgIpc) is 2.65. The van der Waals surface area contributed by atoms with Crippen LogP contribution in [0.1, 0.15) is 49.1 Å². The smallest absolute Gasteiger partial charge is 0.114 e. The van der Waals surface area contributed by atoms with Gasteiger partial charge in [-0.05, 0) is 37.5 Å². The van der Waals surface area contributed by atoms with Crippen molar-refractivity contribution in [1.29, 1.82) is 0 Å². The van der Waals surface area contributed by atoms with Crippen molar-refractivity contribution >= 4 is 21.6 Å². The molecular weight excluding hydrogens is 240 g/mol. The molecule has 3 rings (SSSR count). The lowest BCUT2D eigenvalue weighted by Crippen LogP contribution is -2.35. The van der Waals surface area contributed by atoms with Gasteiger partial charge in [-0.15, -0.1) is 11.3 Å². The molecule has 18 heavy (non-hydrogen) atoms. The van der Waals surface area contributed by atoms with Crippen molar-refractivity contribution < 1.29 is 0 Å². The minimum Gasteiger partial charge on any atom is -0.319 e. The third kappa shape index (κ3) is 2.17. The first-order valence-electron chi connectivity index (χ1n) is 6.84. The first-order chi connectivity index (χ1) is 8.67. The second-order valence-corrected chi connectivity index (χ2v) is 6.59. The second kappa shape index (κ2) is 4.63. The molecular formula is C15H20N2S. The van der Waals surface area contributed by atoms with Crippen molar-refractivity contribution in [2.75, 3.05) is 0 Å². The van der Waals surface area contributed by atoms with E-state index in [-0.39, 0.29) is 5.54 Å². The minimum absolute atomic E-state index is 0.173. The lowest BCUT2D eigenvalue weighted by Gasteiger charge is -2.25. The number of hydrogen-bond acceptors (Lipinski definition) is 3. The van der Waals surface area contributed by atoms with Crippen molar-refractivity contribution in [3.8, 4) is 0 Å². The Kier molecular flexibility index (Phi) is 3.12. The molecule has 0 spiro atoms. The number of aromatic nitrogens is 1. The van der Waals surface area contributed by atoms with E-state index in [0.29, 0.717) is 0 Å². The predicted molar refractivity (Wildman–Crippen MR) is 77.9 cm³/mol. The lowest BCUT2D eigenvalue weighted by molar-refractivity contribution is 0.384. The molecule has 0 amide bonds. The molecule has 1 aromatic heterocycles. The van der Waals surface area contributed by atoms with Crippen molar-refractivity contribution in [3.05, 3.63) is 28.8 Å². The number of nitrogens with two attached hydrogens (primary N) is 1. The van der Waals surface area contributed by atoms with Gasteiger partial charge >= 0.3 is 0 Å². The Bertz CT molecular complexity index is 551. The molecule has 1 aliphatic carbocycles. The summed E-state index contributed by atoms with van der Waals surface area (Å²) in [6, 6.07) is 6.46. The number of rotatable bonds is 1. The van der Waals surface area contributed by atoms with Crippen LogP contribution in [0.3, 0.4) is 0 Å². The van der Waals surface area contributed by atoms with Crippen LogP contribution in [0.2, 0.25) is 0 Å². The summed E-state index contributed by atoms with van der Waals surface area (Å²) in [5.41, 5.74) is 8.86. The van der Waals surface area contributed by atoms with Gasteiger partial charge in [0.25, 0.3) is 0 Å². The van der Waals surface area contributed by atoms with Gasteiger partial charge in [0.15, 0.2) is 0 Å². The molecule has 1 aliphatic rings. The van der Waals surface area contributed by atoms with E-state index in [0.717, 1.165) is 23.4 Å². The van der Waals surface area contributed by atoms with Crippen molar-refractivity contribution in [2.45, 2.75) is 51.0 Å². The zero-order valence-electron chi connectivity index (χ0n) is 10.9. The maximum Gasteiger partial charge on any atom is 0.114 e. The normalized spacial score (nSPS) is 19.9. The van der Waals surface area contributed by atoms with Crippen LogP contribution in [0, 0.1) is 6.92 Å². The van der Waals surface area contributed by atoms with Crippen LogP contribution in [-0.2, 0) is 5.54 Å². The summed E-state index contributed by atoms with van der Waals surface area (Å²) in [6.07, 6.45) is 7.31. The largest absolute Gasteiger partial charge is 0.319 e. The molecule has 0 radical (unpaired) electrons. The summed E-state index contributed by atoms with van der Waals surface area (Å²) >= 11 is 1.79. The Morgan fingerprint density at radius 3 is 2.61 bits per heavy atom. The fourth-order valence-corrected chi connectivity index (χ4v) is 4.04. The summed E-state index contributed by atoms with van der Waals surface area (Å²) in [5.74, 6) is 0. The van der Waals surface area contributed by atoms with E-state index in [1.807, 2.05) is 0 Å². The zero-order chi connectivity index (χ0) is 12.6. The van der Waals surface area contributed by atoms with Crippen LogP contribution in [0.5, 0.6) is 0 Å². The molecule has 0 bridgehead atoms. The third-order valence-electron chi connectivity index (χ3n) is 3.97. The van der Waals surface area contributed by atoms with Crippen LogP contribution >= 0.6 is 11.3 Å². The molecule has 2 N–H and O–H groups in total. The van der Waals surface area contributed by atoms with Gasteiger partial charge in [0.2, 0.25) is 0 Å². The highest BCUT2D eigenvalue weighted by atomic mass is 32.1. The number of hydrogen-bond donors (Lipinski definition) is 1. The van der Waals surface area contributed by atoms with Gasteiger partial charge in [-0.1, -0.05) is 31.7 Å². The number of benzene rings is 1. The zero-order valence-corrected chi connectivity index (χ0v) is 11.7. The molecule has 0 atom stereocenters. The summed E-state index contributed by atoms with van der Waals surface area (Å²) in [5, 5.41) is 1.14. The topological polar surface area (TPSA) is 38.9 Å². The standard InChI is InChI=1S/C15H20N2S/c1-11-6-7-12-13(10-11)18-14(17-12)15(16)8-4-2-3-5-9-15/h6-7,10H,2-5,8-9,16H2,1H3. The minimum atomic E-state index is -0.173. The van der Waals surface area contributed by atoms with Gasteiger partial charge in [-0.25, -0.2) is 4.98 Å². The highest BCUT2D eigenvalue weighted by Crippen LogP contribution is 2.37. The van der Waals surface area contributed by atoms with Gasteiger partial charge < -0.3 is 5.73 Å². The maximum absolute atomic E-state index is 6.63. The fraction of sp³-hybridized carbons (Fsp3) is 0.533. The van der Waals surface area contributed by atoms with Gasteiger partial charge in [0.05, 0.1) is 15.8 Å².